The molecule has 0 fully saturated rings. The first-order valence-electron chi connectivity index (χ1n) is 16.0. The number of rotatable bonds is 10. The second-order valence-corrected chi connectivity index (χ2v) is 12.7. The second kappa shape index (κ2) is 14.6. The zero-order valence-electron chi connectivity index (χ0n) is 27.7. The lowest BCUT2D eigenvalue weighted by Crippen LogP contribution is -2.40. The van der Waals surface area contributed by atoms with Crippen molar-refractivity contribution in [3.8, 4) is 17.6 Å². The molecule has 1 aromatic heterocycles. The molecule has 0 radical (unpaired) electrons. The number of para-hydroxylation sites is 1. The van der Waals surface area contributed by atoms with Gasteiger partial charge in [-0.2, -0.15) is 5.26 Å². The molecule has 4 aromatic carbocycles. The Bertz CT molecular complexity index is 2240. The number of hydrogen-bond acceptors (Lipinski definition) is 8. The van der Waals surface area contributed by atoms with Crippen LogP contribution in [0.5, 0.6) is 11.5 Å². The fourth-order valence-electron chi connectivity index (χ4n) is 5.75. The summed E-state index contributed by atoms with van der Waals surface area (Å²) in [6.07, 6.45) is 1.77. The van der Waals surface area contributed by atoms with Crippen LogP contribution in [0.3, 0.4) is 0 Å². The molecule has 0 saturated heterocycles. The minimum Gasteiger partial charge on any atom is -0.493 e. The molecule has 1 atom stereocenters. The predicted octanol–water partition coefficient (Wildman–Crippen LogP) is 6.52. The zero-order valence-corrected chi connectivity index (χ0v) is 28.5. The van der Waals surface area contributed by atoms with Crippen molar-refractivity contribution in [2.24, 2.45) is 4.99 Å². The van der Waals surface area contributed by atoms with Gasteiger partial charge in [-0.15, -0.1) is 0 Å². The second-order valence-electron chi connectivity index (χ2n) is 11.7. The highest BCUT2D eigenvalue weighted by molar-refractivity contribution is 7.07. The van der Waals surface area contributed by atoms with Gasteiger partial charge in [0.15, 0.2) is 16.3 Å². The Morgan fingerprint density at radius 2 is 1.73 bits per heavy atom. The van der Waals surface area contributed by atoms with Gasteiger partial charge in [-0.3, -0.25) is 9.36 Å². The maximum Gasteiger partial charge on any atom is 0.338 e. The molecule has 0 amide bonds. The highest BCUT2D eigenvalue weighted by atomic mass is 32.1. The lowest BCUT2D eigenvalue weighted by molar-refractivity contribution is -0.138. The minimum absolute atomic E-state index is 0.176. The molecule has 0 spiro atoms. The van der Waals surface area contributed by atoms with Crippen molar-refractivity contribution in [2.45, 2.75) is 39.3 Å². The normalized spacial score (nSPS) is 14.2. The average molecular weight is 670 g/mol. The molecule has 9 heteroatoms. The summed E-state index contributed by atoms with van der Waals surface area (Å²) in [6.45, 7) is 6.41. The monoisotopic (exact) mass is 669 g/mol. The van der Waals surface area contributed by atoms with Gasteiger partial charge in [0.2, 0.25) is 0 Å². The molecule has 2 heterocycles. The molecule has 0 bridgehead atoms. The molecule has 5 aromatic rings. The van der Waals surface area contributed by atoms with Crippen molar-refractivity contribution < 1.29 is 19.0 Å². The molecule has 1 aliphatic rings. The fraction of sp³-hybridized carbons (Fsp3) is 0.200. The summed E-state index contributed by atoms with van der Waals surface area (Å²) in [7, 11) is 1.56. The van der Waals surface area contributed by atoms with E-state index in [0.29, 0.717) is 49.1 Å². The van der Waals surface area contributed by atoms with E-state index in [1.165, 1.54) is 11.3 Å². The Hall–Kier alpha value is -5.72. The fourth-order valence-corrected chi connectivity index (χ4v) is 6.74. The van der Waals surface area contributed by atoms with Gasteiger partial charge < -0.3 is 14.2 Å². The van der Waals surface area contributed by atoms with Gasteiger partial charge in [0, 0.05) is 11.1 Å². The predicted molar refractivity (Wildman–Crippen MR) is 190 cm³/mol. The van der Waals surface area contributed by atoms with Crippen LogP contribution in [-0.2, 0) is 16.1 Å². The number of nitrogens with zero attached hydrogens (tertiary/aromatic N) is 3. The number of nitriles is 1. The molecular weight excluding hydrogens is 635 g/mol. The number of hydrogen-bond donors (Lipinski definition) is 0. The summed E-state index contributed by atoms with van der Waals surface area (Å²) in [5.41, 5.74) is 5.23. The van der Waals surface area contributed by atoms with E-state index in [1.54, 1.807) is 42.9 Å². The molecule has 49 heavy (non-hydrogen) atoms. The Balaban J connectivity index is 1.53. The number of methoxy groups -OCH3 is 1. The number of carbonyl (C=O) groups is 1. The van der Waals surface area contributed by atoms with Gasteiger partial charge in [-0.1, -0.05) is 104 Å². The quantitative estimate of drug-likeness (QED) is 0.157. The van der Waals surface area contributed by atoms with Crippen LogP contribution in [0.2, 0.25) is 0 Å². The van der Waals surface area contributed by atoms with Crippen molar-refractivity contribution >= 4 is 29.1 Å². The van der Waals surface area contributed by atoms with E-state index >= 15 is 0 Å². The maximum atomic E-state index is 14.5. The topological polar surface area (TPSA) is 103 Å². The molecule has 8 nitrogen and oxygen atoms in total. The lowest BCUT2D eigenvalue weighted by Gasteiger charge is -2.26. The van der Waals surface area contributed by atoms with Crippen LogP contribution in [0.25, 0.3) is 11.8 Å². The van der Waals surface area contributed by atoms with Crippen LogP contribution in [0.4, 0.5) is 0 Å². The highest BCUT2D eigenvalue weighted by Crippen LogP contribution is 2.36. The van der Waals surface area contributed by atoms with Crippen LogP contribution in [0.15, 0.2) is 112 Å². The summed E-state index contributed by atoms with van der Waals surface area (Å²) in [6, 6.07) is 31.5. The summed E-state index contributed by atoms with van der Waals surface area (Å²) in [5, 5.41) is 9.15. The largest absolute Gasteiger partial charge is 0.493 e. The third-order valence-electron chi connectivity index (χ3n) is 8.27. The van der Waals surface area contributed by atoms with E-state index in [0.717, 1.165) is 22.3 Å². The van der Waals surface area contributed by atoms with Crippen molar-refractivity contribution in [1.82, 2.24) is 4.57 Å². The van der Waals surface area contributed by atoms with Crippen LogP contribution >= 0.6 is 11.3 Å². The summed E-state index contributed by atoms with van der Waals surface area (Å²) in [5.74, 6) is 0.767. The highest BCUT2D eigenvalue weighted by Gasteiger charge is 2.35. The van der Waals surface area contributed by atoms with Gasteiger partial charge in [0.05, 0.1) is 47.2 Å². The Morgan fingerprint density at radius 3 is 2.39 bits per heavy atom. The summed E-state index contributed by atoms with van der Waals surface area (Å²) < 4.78 is 19.5. The molecule has 1 aliphatic heterocycles. The number of benzene rings is 4. The third kappa shape index (κ3) is 6.82. The van der Waals surface area contributed by atoms with Gasteiger partial charge >= 0.3 is 5.97 Å². The van der Waals surface area contributed by atoms with E-state index in [2.05, 4.69) is 19.9 Å². The lowest BCUT2D eigenvalue weighted by atomic mass is 9.91. The standard InChI is InChI=1S/C40H35N3O5S/c1-5-47-39(45)34-35(29-10-7-6-8-11-29)42-40-43(36(34)30-20-18-28(19-21-30)25(2)3)38(44)33(49-40)22-31-12-9-13-32(46-4)37(31)48-24-27-16-14-26(23-41)15-17-27/h6-22,25,36H,5,24H2,1-4H3/b33-22-/t36-/m0/s1. The molecule has 246 valence electrons. The number of thiazole rings is 1. The summed E-state index contributed by atoms with van der Waals surface area (Å²) >= 11 is 1.24. The van der Waals surface area contributed by atoms with Crippen molar-refractivity contribution in [3.63, 3.8) is 0 Å². The van der Waals surface area contributed by atoms with Crippen molar-refractivity contribution in [1.29, 1.82) is 5.26 Å². The van der Waals surface area contributed by atoms with Crippen LogP contribution in [-0.4, -0.2) is 24.3 Å². The molecule has 0 saturated carbocycles. The number of fused-ring (bicyclic) bond motifs is 1. The number of aromatic nitrogens is 1. The first-order valence-corrected chi connectivity index (χ1v) is 16.8. The first-order chi connectivity index (χ1) is 23.8. The number of ether oxygens (including phenoxy) is 3. The zero-order chi connectivity index (χ0) is 34.5. The minimum atomic E-state index is -0.772. The Labute approximate surface area is 288 Å². The van der Waals surface area contributed by atoms with Gasteiger partial charge in [-0.05, 0) is 53.8 Å². The van der Waals surface area contributed by atoms with Crippen molar-refractivity contribution in [2.75, 3.05) is 13.7 Å². The summed E-state index contributed by atoms with van der Waals surface area (Å²) in [4.78, 5) is 33.7. The van der Waals surface area contributed by atoms with Crippen LogP contribution < -0.4 is 24.4 Å². The smallest absolute Gasteiger partial charge is 0.338 e. The van der Waals surface area contributed by atoms with Crippen LogP contribution in [0.1, 0.15) is 66.1 Å². The van der Waals surface area contributed by atoms with E-state index in [1.807, 2.05) is 78.9 Å². The first kappa shape index (κ1) is 33.2. The maximum absolute atomic E-state index is 14.5. The van der Waals surface area contributed by atoms with Crippen LogP contribution in [0, 0.1) is 11.3 Å². The molecule has 0 aliphatic carbocycles. The van der Waals surface area contributed by atoms with Gasteiger partial charge in [0.1, 0.15) is 6.61 Å². The van der Waals surface area contributed by atoms with E-state index in [4.69, 9.17) is 24.5 Å². The Kier molecular flexibility index (Phi) is 9.88. The molecule has 0 unspecified atom stereocenters. The van der Waals surface area contributed by atoms with Crippen molar-refractivity contribution in [3.05, 3.63) is 156 Å². The molecular formula is C40H35N3O5S. The van der Waals surface area contributed by atoms with Gasteiger partial charge in [-0.25, -0.2) is 9.79 Å². The Morgan fingerprint density at radius 1 is 1.00 bits per heavy atom. The van der Waals surface area contributed by atoms with E-state index in [9.17, 15) is 9.59 Å². The van der Waals surface area contributed by atoms with E-state index < -0.39 is 12.0 Å². The van der Waals surface area contributed by atoms with Gasteiger partial charge in [0.25, 0.3) is 5.56 Å². The average Bonchev–Trinajstić information content (AvgIpc) is 3.44. The number of carbonyl (C=O) groups excluding carboxylic acids is 1. The van der Waals surface area contributed by atoms with E-state index in [-0.39, 0.29) is 18.8 Å². The molecule has 0 N–H and O–H groups in total. The molecule has 6 rings (SSSR count). The SMILES string of the molecule is CCOC(=O)C1=C(c2ccccc2)N=c2s/c(=C\c3cccc(OC)c3OCc3ccc(C#N)cc3)c(=O)n2[C@H]1c1ccc(C(C)C)cc1. The number of esters is 1. The third-order valence-corrected chi connectivity index (χ3v) is 9.26.